The van der Waals surface area contributed by atoms with Gasteiger partial charge in [-0.1, -0.05) is 0 Å². The van der Waals surface area contributed by atoms with Crippen LogP contribution < -0.4 is 16.0 Å². The molecular weight excluding hydrogens is 134 g/mol. The van der Waals surface area contributed by atoms with Gasteiger partial charge >= 0.3 is 0 Å². The highest BCUT2D eigenvalue weighted by molar-refractivity contribution is 7.81. The van der Waals surface area contributed by atoms with Gasteiger partial charge in [-0.05, 0) is 21.1 Å². The van der Waals surface area contributed by atoms with Crippen LogP contribution in [0.15, 0.2) is 0 Å². The molecule has 0 aliphatic heterocycles. The second-order valence-corrected chi connectivity index (χ2v) is 2.65. The summed E-state index contributed by atoms with van der Waals surface area (Å²) in [7, 11) is 5.61. The summed E-state index contributed by atoms with van der Waals surface area (Å²) in [6, 6.07) is 0. The zero-order valence-electron chi connectivity index (χ0n) is 6.15. The van der Waals surface area contributed by atoms with E-state index in [-0.39, 0.29) is 4.99 Å². The Morgan fingerprint density at radius 1 is 1.22 bits per heavy atom. The van der Waals surface area contributed by atoms with E-state index < -0.39 is 0 Å². The highest BCUT2D eigenvalue weighted by Crippen LogP contribution is 2.00. The molecule has 0 heterocycles. The van der Waals surface area contributed by atoms with Crippen molar-refractivity contribution in [2.45, 2.75) is 4.99 Å². The lowest BCUT2D eigenvalue weighted by Gasteiger charge is -2.26. The summed E-state index contributed by atoms with van der Waals surface area (Å²) < 4.78 is 0. The van der Waals surface area contributed by atoms with Crippen molar-refractivity contribution < 1.29 is 0 Å². The van der Waals surface area contributed by atoms with Crippen LogP contribution in [-0.2, 0) is 0 Å². The van der Waals surface area contributed by atoms with Crippen LogP contribution in [0.25, 0.3) is 0 Å². The van der Waals surface area contributed by atoms with Crippen LogP contribution in [0.1, 0.15) is 0 Å². The van der Waals surface area contributed by atoms with Crippen molar-refractivity contribution in [2.24, 2.45) is 0 Å². The van der Waals surface area contributed by atoms with Crippen molar-refractivity contribution in [3.05, 3.63) is 0 Å². The molecule has 0 saturated carbocycles. The maximum absolute atomic E-state index is 4.31. The van der Waals surface area contributed by atoms with Crippen molar-refractivity contribution in [2.75, 3.05) is 27.7 Å². The first-order valence-electron chi connectivity index (χ1n) is 2.93. The summed E-state index contributed by atoms with van der Waals surface area (Å²) in [5.74, 6) is 0. The molecule has 56 valence electrons. The standard InChI is InChI=1S/C5H15N3S/c1-6-4-5(9,7-2)8-3/h6-9H,4H2,1-3H3. The molecule has 0 aromatic rings. The Hall–Kier alpha value is 0.230. The molecule has 0 amide bonds. The van der Waals surface area contributed by atoms with E-state index in [1.165, 1.54) is 0 Å². The number of hydrogen-bond acceptors (Lipinski definition) is 4. The maximum Gasteiger partial charge on any atom is 0.126 e. The minimum atomic E-state index is -0.283. The van der Waals surface area contributed by atoms with Crippen LogP contribution in [0.5, 0.6) is 0 Å². The van der Waals surface area contributed by atoms with Gasteiger partial charge in [0.25, 0.3) is 0 Å². The van der Waals surface area contributed by atoms with Gasteiger partial charge in [0.2, 0.25) is 0 Å². The van der Waals surface area contributed by atoms with Crippen LogP contribution >= 0.6 is 12.6 Å². The van der Waals surface area contributed by atoms with Crippen LogP contribution in [0.2, 0.25) is 0 Å². The van der Waals surface area contributed by atoms with Crippen LogP contribution in [-0.4, -0.2) is 32.7 Å². The predicted octanol–water partition coefficient (Wildman–Crippen LogP) is -0.772. The zero-order chi connectivity index (χ0) is 7.33. The van der Waals surface area contributed by atoms with Crippen molar-refractivity contribution in [3.8, 4) is 0 Å². The van der Waals surface area contributed by atoms with E-state index in [9.17, 15) is 0 Å². The second-order valence-electron chi connectivity index (χ2n) is 1.89. The first-order valence-corrected chi connectivity index (χ1v) is 3.38. The molecule has 3 nitrogen and oxygen atoms in total. The lowest BCUT2D eigenvalue weighted by atomic mass is 10.5. The SMILES string of the molecule is CNCC(S)(NC)NC. The molecule has 0 radical (unpaired) electrons. The molecule has 4 heteroatoms. The molecule has 0 fully saturated rings. The Morgan fingerprint density at radius 3 is 1.78 bits per heavy atom. The second kappa shape index (κ2) is 4.11. The third-order valence-electron chi connectivity index (χ3n) is 1.26. The lowest BCUT2D eigenvalue weighted by molar-refractivity contribution is 0.430. The summed E-state index contributed by atoms with van der Waals surface area (Å²) in [5.41, 5.74) is 0. The fourth-order valence-corrected chi connectivity index (χ4v) is 0.716. The molecule has 0 rings (SSSR count). The highest BCUT2D eigenvalue weighted by atomic mass is 32.1. The van der Waals surface area contributed by atoms with Gasteiger partial charge in [-0.15, -0.1) is 12.6 Å². The van der Waals surface area contributed by atoms with Gasteiger partial charge in [0.15, 0.2) is 0 Å². The Morgan fingerprint density at radius 2 is 1.67 bits per heavy atom. The Kier molecular flexibility index (Phi) is 4.22. The number of nitrogens with one attached hydrogen (secondary N) is 3. The summed E-state index contributed by atoms with van der Waals surface area (Å²) >= 11 is 4.31. The molecule has 0 atom stereocenters. The van der Waals surface area contributed by atoms with Crippen molar-refractivity contribution in [3.63, 3.8) is 0 Å². The summed E-state index contributed by atoms with van der Waals surface area (Å²) in [6.07, 6.45) is 0. The molecule has 0 aliphatic rings. The minimum Gasteiger partial charge on any atom is -0.316 e. The molecule has 0 aromatic carbocycles. The normalized spacial score (nSPS) is 12.0. The van der Waals surface area contributed by atoms with Gasteiger partial charge in [-0.3, -0.25) is 10.6 Å². The third kappa shape index (κ3) is 3.05. The van der Waals surface area contributed by atoms with E-state index in [2.05, 4.69) is 28.6 Å². The maximum atomic E-state index is 4.31. The fraction of sp³-hybridized carbons (Fsp3) is 1.00. The largest absolute Gasteiger partial charge is 0.316 e. The Balaban J connectivity index is 3.62. The summed E-state index contributed by atoms with van der Waals surface area (Å²) in [6.45, 7) is 0.781. The molecule has 0 unspecified atom stereocenters. The van der Waals surface area contributed by atoms with Crippen molar-refractivity contribution >= 4 is 12.6 Å². The molecule has 0 aromatic heterocycles. The molecule has 9 heavy (non-hydrogen) atoms. The van der Waals surface area contributed by atoms with Crippen molar-refractivity contribution in [1.82, 2.24) is 16.0 Å². The predicted molar refractivity (Wildman–Crippen MR) is 43.8 cm³/mol. The quantitative estimate of drug-likeness (QED) is 0.313. The Bertz CT molecular complexity index is 72.6. The zero-order valence-corrected chi connectivity index (χ0v) is 7.05. The highest BCUT2D eigenvalue weighted by Gasteiger charge is 2.17. The average Bonchev–Trinajstić information content (AvgIpc) is 1.89. The van der Waals surface area contributed by atoms with Crippen LogP contribution in [0, 0.1) is 0 Å². The van der Waals surface area contributed by atoms with E-state index in [1.807, 2.05) is 21.1 Å². The van der Waals surface area contributed by atoms with Crippen LogP contribution in [0.4, 0.5) is 0 Å². The van der Waals surface area contributed by atoms with Gasteiger partial charge in [0.1, 0.15) is 4.99 Å². The summed E-state index contributed by atoms with van der Waals surface area (Å²) in [5, 5.41) is 9.05. The first kappa shape index (κ1) is 9.23. The van der Waals surface area contributed by atoms with Crippen molar-refractivity contribution in [1.29, 1.82) is 0 Å². The topological polar surface area (TPSA) is 36.1 Å². The van der Waals surface area contributed by atoms with E-state index in [0.29, 0.717) is 0 Å². The lowest BCUT2D eigenvalue weighted by Crippen LogP contribution is -2.55. The van der Waals surface area contributed by atoms with Gasteiger partial charge in [0.05, 0.1) is 0 Å². The third-order valence-corrected chi connectivity index (χ3v) is 1.87. The van der Waals surface area contributed by atoms with Gasteiger partial charge in [0, 0.05) is 6.54 Å². The monoisotopic (exact) mass is 149 g/mol. The van der Waals surface area contributed by atoms with E-state index in [1.54, 1.807) is 0 Å². The molecule has 0 spiro atoms. The molecule has 0 bridgehead atoms. The molecule has 0 aliphatic carbocycles. The number of rotatable bonds is 4. The minimum absolute atomic E-state index is 0.283. The number of likely N-dealkylation sites (N-methyl/N-ethyl adjacent to an activating group) is 3. The number of thiol groups is 1. The smallest absolute Gasteiger partial charge is 0.126 e. The van der Waals surface area contributed by atoms with E-state index in [0.717, 1.165) is 6.54 Å². The summed E-state index contributed by atoms with van der Waals surface area (Å²) in [4.78, 5) is -0.283. The molecule has 0 saturated heterocycles. The Labute approximate surface area is 62.0 Å². The fourth-order valence-electron chi connectivity index (χ4n) is 0.558. The average molecular weight is 149 g/mol. The van der Waals surface area contributed by atoms with E-state index in [4.69, 9.17) is 0 Å². The van der Waals surface area contributed by atoms with Gasteiger partial charge < -0.3 is 5.32 Å². The molecule has 3 N–H and O–H groups in total. The number of hydrogen-bond donors (Lipinski definition) is 4. The van der Waals surface area contributed by atoms with E-state index >= 15 is 0 Å². The van der Waals surface area contributed by atoms with Gasteiger partial charge in [-0.25, -0.2) is 0 Å². The first-order chi connectivity index (χ1) is 4.18. The van der Waals surface area contributed by atoms with Gasteiger partial charge in [-0.2, -0.15) is 0 Å². The molecular formula is C5H15N3S. The van der Waals surface area contributed by atoms with Crippen LogP contribution in [0.3, 0.4) is 0 Å².